The van der Waals surface area contributed by atoms with Gasteiger partial charge in [-0.1, -0.05) is 0 Å². The van der Waals surface area contributed by atoms with Crippen LogP contribution >= 0.6 is 7.60 Å². The van der Waals surface area contributed by atoms with Crippen molar-refractivity contribution >= 4 is 7.60 Å². The lowest BCUT2D eigenvalue weighted by Crippen LogP contribution is -1.99. The predicted molar refractivity (Wildman–Crippen MR) is 34.9 cm³/mol. The fourth-order valence-corrected chi connectivity index (χ4v) is 0.661. The van der Waals surface area contributed by atoms with E-state index in [1.54, 1.807) is 19.0 Å². The van der Waals surface area contributed by atoms with Gasteiger partial charge in [-0.3, -0.25) is 4.57 Å². The largest absolute Gasteiger partial charge is 0.383 e. The normalized spacial score (nSPS) is 12.4. The van der Waals surface area contributed by atoms with Gasteiger partial charge in [0, 0.05) is 26.1 Å². The Morgan fingerprint density at radius 1 is 1.44 bits per heavy atom. The van der Waals surface area contributed by atoms with E-state index in [0.29, 0.717) is 0 Å². The minimum absolute atomic E-state index is 0.854. The molecule has 0 aliphatic rings. The minimum Gasteiger partial charge on any atom is -0.383 e. The van der Waals surface area contributed by atoms with Crippen molar-refractivity contribution in [2.45, 2.75) is 0 Å². The molecule has 9 heavy (non-hydrogen) atoms. The van der Waals surface area contributed by atoms with E-state index in [0.717, 1.165) is 5.82 Å². The van der Waals surface area contributed by atoms with Crippen LogP contribution in [0.1, 0.15) is 0 Å². The maximum Gasteiger partial charge on any atom is 0.350 e. The SMILES string of the molecule is CN(C)/C=C/P(=O)(O)O. The van der Waals surface area contributed by atoms with Crippen molar-refractivity contribution in [3.8, 4) is 0 Å². The van der Waals surface area contributed by atoms with Gasteiger partial charge in [0.1, 0.15) is 0 Å². The third-order valence-corrected chi connectivity index (χ3v) is 1.08. The van der Waals surface area contributed by atoms with Crippen LogP contribution in [0.4, 0.5) is 0 Å². The highest BCUT2D eigenvalue weighted by atomic mass is 31.2. The summed E-state index contributed by atoms with van der Waals surface area (Å²) in [7, 11) is -0.568. The Labute approximate surface area is 54.0 Å². The summed E-state index contributed by atoms with van der Waals surface area (Å²) in [6.07, 6.45) is 1.32. The Hall–Kier alpha value is -0.310. The van der Waals surface area contributed by atoms with Crippen LogP contribution in [-0.4, -0.2) is 28.8 Å². The van der Waals surface area contributed by atoms with E-state index < -0.39 is 7.60 Å². The van der Waals surface area contributed by atoms with Crippen molar-refractivity contribution in [1.82, 2.24) is 4.90 Å². The third kappa shape index (κ3) is 7.69. The zero-order valence-electron chi connectivity index (χ0n) is 5.35. The molecule has 0 aromatic rings. The molecule has 0 aliphatic carbocycles. The van der Waals surface area contributed by atoms with Gasteiger partial charge in [0.2, 0.25) is 0 Å². The van der Waals surface area contributed by atoms with Gasteiger partial charge in [0.05, 0.1) is 0 Å². The van der Waals surface area contributed by atoms with Crippen LogP contribution in [-0.2, 0) is 4.57 Å². The van der Waals surface area contributed by atoms with Crippen molar-refractivity contribution in [2.24, 2.45) is 0 Å². The molecular weight excluding hydrogens is 141 g/mol. The Morgan fingerprint density at radius 2 is 1.89 bits per heavy atom. The van der Waals surface area contributed by atoms with Gasteiger partial charge in [0.15, 0.2) is 0 Å². The summed E-state index contributed by atoms with van der Waals surface area (Å²) in [5.41, 5.74) is 0. The van der Waals surface area contributed by atoms with Crippen LogP contribution in [0.2, 0.25) is 0 Å². The molecule has 54 valence electrons. The zero-order chi connectivity index (χ0) is 7.49. The Balaban J connectivity index is 3.87. The summed E-state index contributed by atoms with van der Waals surface area (Å²) < 4.78 is 10.1. The van der Waals surface area contributed by atoms with Gasteiger partial charge in [-0.05, 0) is 0 Å². The topological polar surface area (TPSA) is 60.8 Å². The molecule has 0 radical (unpaired) electrons. The standard InChI is InChI=1S/C4H10NO3P/c1-5(2)3-4-9(6,7)8/h3-4H,1-2H3,(H2,6,7,8)/b4-3+. The van der Waals surface area contributed by atoms with Gasteiger partial charge in [-0.15, -0.1) is 0 Å². The number of hydrogen-bond donors (Lipinski definition) is 2. The van der Waals surface area contributed by atoms with Crippen LogP contribution in [0.5, 0.6) is 0 Å². The highest BCUT2D eigenvalue weighted by Gasteiger charge is 2.04. The van der Waals surface area contributed by atoms with Crippen molar-refractivity contribution in [1.29, 1.82) is 0 Å². The van der Waals surface area contributed by atoms with Crippen molar-refractivity contribution in [3.63, 3.8) is 0 Å². The molecule has 0 heterocycles. The summed E-state index contributed by atoms with van der Waals surface area (Å²) in [5.74, 6) is 0.854. The molecular formula is C4H10NO3P. The van der Waals surface area contributed by atoms with E-state index in [9.17, 15) is 4.57 Å². The van der Waals surface area contributed by atoms with Gasteiger partial charge >= 0.3 is 7.60 Å². The second-order valence-electron chi connectivity index (χ2n) is 1.85. The van der Waals surface area contributed by atoms with Gasteiger partial charge in [-0.25, -0.2) is 0 Å². The second kappa shape index (κ2) is 3.01. The molecule has 0 aliphatic heterocycles. The highest BCUT2D eigenvalue weighted by molar-refractivity contribution is 7.55. The number of nitrogens with zero attached hydrogens (tertiary/aromatic N) is 1. The molecule has 0 bridgehead atoms. The average Bonchev–Trinajstić information content (AvgIpc) is 1.59. The van der Waals surface area contributed by atoms with Crippen LogP contribution in [0.15, 0.2) is 12.0 Å². The number of rotatable bonds is 2. The highest BCUT2D eigenvalue weighted by Crippen LogP contribution is 2.35. The van der Waals surface area contributed by atoms with E-state index in [4.69, 9.17) is 9.79 Å². The Morgan fingerprint density at radius 3 is 2.00 bits per heavy atom. The molecule has 0 atom stereocenters. The third-order valence-electron chi connectivity index (χ3n) is 0.559. The monoisotopic (exact) mass is 151 g/mol. The molecule has 0 rings (SSSR count). The summed E-state index contributed by atoms with van der Waals surface area (Å²) in [6.45, 7) is 0. The van der Waals surface area contributed by atoms with Crippen LogP contribution in [0.3, 0.4) is 0 Å². The molecule has 0 aromatic carbocycles. The zero-order valence-corrected chi connectivity index (χ0v) is 6.25. The van der Waals surface area contributed by atoms with Gasteiger partial charge in [-0.2, -0.15) is 0 Å². The summed E-state index contributed by atoms with van der Waals surface area (Å²) in [4.78, 5) is 18.1. The van der Waals surface area contributed by atoms with Crippen molar-refractivity contribution in [2.75, 3.05) is 14.1 Å². The first-order chi connectivity index (χ1) is 3.92. The maximum absolute atomic E-state index is 10.1. The first-order valence-corrected chi connectivity index (χ1v) is 4.01. The summed E-state index contributed by atoms with van der Waals surface area (Å²) in [6, 6.07) is 0. The first-order valence-electron chi connectivity index (χ1n) is 2.33. The molecule has 0 unspecified atom stereocenters. The van der Waals surface area contributed by atoms with E-state index in [2.05, 4.69) is 0 Å². The van der Waals surface area contributed by atoms with Crippen molar-refractivity contribution < 1.29 is 14.4 Å². The maximum atomic E-state index is 10.1. The molecule has 0 fully saturated rings. The lowest BCUT2D eigenvalue weighted by molar-refractivity contribution is 0.385. The van der Waals surface area contributed by atoms with E-state index in [1.807, 2.05) is 0 Å². The van der Waals surface area contributed by atoms with Crippen molar-refractivity contribution in [3.05, 3.63) is 12.0 Å². The van der Waals surface area contributed by atoms with Gasteiger partial charge < -0.3 is 14.7 Å². The lowest BCUT2D eigenvalue weighted by atomic mass is 10.9. The fourth-order valence-electron chi connectivity index (χ4n) is 0.220. The predicted octanol–water partition coefficient (Wildman–Crippen LogP) is 0.197. The smallest absolute Gasteiger partial charge is 0.350 e. The van der Waals surface area contributed by atoms with E-state index in [1.165, 1.54) is 6.20 Å². The number of hydrogen-bond acceptors (Lipinski definition) is 2. The average molecular weight is 151 g/mol. The molecule has 4 nitrogen and oxygen atoms in total. The molecule has 2 N–H and O–H groups in total. The molecule has 5 heteroatoms. The second-order valence-corrected chi connectivity index (χ2v) is 3.33. The molecule has 0 saturated carbocycles. The fraction of sp³-hybridized carbons (Fsp3) is 0.500. The van der Waals surface area contributed by atoms with Gasteiger partial charge in [0.25, 0.3) is 0 Å². The van der Waals surface area contributed by atoms with E-state index in [-0.39, 0.29) is 0 Å². The van der Waals surface area contributed by atoms with E-state index >= 15 is 0 Å². The first kappa shape index (κ1) is 8.69. The van der Waals surface area contributed by atoms with Crippen LogP contribution in [0, 0.1) is 0 Å². The van der Waals surface area contributed by atoms with Crippen LogP contribution in [0.25, 0.3) is 0 Å². The molecule has 0 saturated heterocycles. The Kier molecular flexibility index (Phi) is 2.91. The van der Waals surface area contributed by atoms with Crippen LogP contribution < -0.4 is 0 Å². The summed E-state index contributed by atoms with van der Waals surface area (Å²) >= 11 is 0. The molecule has 0 amide bonds. The quantitative estimate of drug-likeness (QED) is 0.553. The molecule has 0 spiro atoms. The lowest BCUT2D eigenvalue weighted by Gasteiger charge is -2.02. The summed E-state index contributed by atoms with van der Waals surface area (Å²) in [5, 5.41) is 0. The minimum atomic E-state index is -3.94. The Bertz CT molecular complexity index is 148. The molecule has 0 aromatic heterocycles.